The number of likely N-dealkylation sites (tertiary alicyclic amines) is 1. The average Bonchev–Trinajstić information content (AvgIpc) is 3.44. The van der Waals surface area contributed by atoms with Gasteiger partial charge in [0, 0.05) is 18.7 Å². The number of nitrogens with one attached hydrogen (secondary N) is 1. The summed E-state index contributed by atoms with van der Waals surface area (Å²) in [5.41, 5.74) is 9.33. The molecule has 1 aromatic heterocycles. The van der Waals surface area contributed by atoms with Gasteiger partial charge in [-0.15, -0.1) is 0 Å². The Morgan fingerprint density at radius 3 is 2.67 bits per heavy atom. The number of nitrogens with zero attached hydrogens (tertiary/aromatic N) is 4. The first-order valence-electron chi connectivity index (χ1n) is 11.2. The van der Waals surface area contributed by atoms with Gasteiger partial charge in [0.2, 0.25) is 0 Å². The SMILES string of the molecule is N#Cc1c(CCCNC(=O)c2cccc(CN3CCCC3)c2)nn(-c2ccc(F)cc2)c1N. The van der Waals surface area contributed by atoms with Crippen molar-refractivity contribution in [3.63, 3.8) is 0 Å². The van der Waals surface area contributed by atoms with E-state index in [1.807, 2.05) is 18.2 Å². The Balaban J connectivity index is 1.33. The van der Waals surface area contributed by atoms with Gasteiger partial charge in [-0.2, -0.15) is 10.4 Å². The lowest BCUT2D eigenvalue weighted by Crippen LogP contribution is -2.25. The fourth-order valence-electron chi connectivity index (χ4n) is 4.12. The summed E-state index contributed by atoms with van der Waals surface area (Å²) in [7, 11) is 0. The van der Waals surface area contributed by atoms with Crippen LogP contribution < -0.4 is 11.1 Å². The summed E-state index contributed by atoms with van der Waals surface area (Å²) in [5, 5.41) is 16.9. The number of nitrogens with two attached hydrogens (primary N) is 1. The topological polar surface area (TPSA) is 100.0 Å². The molecule has 0 aliphatic carbocycles. The molecular weight excluding hydrogens is 419 g/mol. The van der Waals surface area contributed by atoms with Crippen molar-refractivity contribution < 1.29 is 9.18 Å². The van der Waals surface area contributed by atoms with Gasteiger partial charge in [0.05, 0.1) is 11.4 Å². The third kappa shape index (κ3) is 5.38. The van der Waals surface area contributed by atoms with E-state index in [2.05, 4.69) is 27.5 Å². The maximum absolute atomic E-state index is 13.2. The smallest absolute Gasteiger partial charge is 0.251 e. The quantitative estimate of drug-likeness (QED) is 0.517. The Morgan fingerprint density at radius 1 is 1.18 bits per heavy atom. The van der Waals surface area contributed by atoms with Crippen LogP contribution in [0.1, 0.15) is 46.4 Å². The van der Waals surface area contributed by atoms with Crippen molar-refractivity contribution in [2.24, 2.45) is 0 Å². The van der Waals surface area contributed by atoms with Crippen molar-refractivity contribution in [1.82, 2.24) is 20.0 Å². The number of amides is 1. The number of hydrogen-bond donors (Lipinski definition) is 2. The lowest BCUT2D eigenvalue weighted by Gasteiger charge is -2.15. The van der Waals surface area contributed by atoms with E-state index in [0.717, 1.165) is 25.2 Å². The molecule has 0 spiro atoms. The molecule has 3 N–H and O–H groups in total. The molecule has 1 amide bonds. The van der Waals surface area contributed by atoms with Crippen molar-refractivity contribution in [3.8, 4) is 11.8 Å². The number of benzene rings is 2. The monoisotopic (exact) mass is 446 g/mol. The van der Waals surface area contributed by atoms with E-state index in [4.69, 9.17) is 5.73 Å². The number of halogens is 1. The first-order valence-corrected chi connectivity index (χ1v) is 11.2. The predicted octanol–water partition coefficient (Wildman–Crippen LogP) is 3.42. The van der Waals surface area contributed by atoms with Gasteiger partial charge in [0.1, 0.15) is 23.3 Å². The predicted molar refractivity (Wildman–Crippen MR) is 124 cm³/mol. The highest BCUT2D eigenvalue weighted by Crippen LogP contribution is 2.22. The first kappa shape index (κ1) is 22.5. The molecule has 0 saturated carbocycles. The number of hydrogen-bond acceptors (Lipinski definition) is 5. The van der Waals surface area contributed by atoms with Crippen molar-refractivity contribution in [2.45, 2.75) is 32.2 Å². The molecule has 170 valence electrons. The van der Waals surface area contributed by atoms with Crippen molar-refractivity contribution in [1.29, 1.82) is 5.26 Å². The molecule has 1 saturated heterocycles. The van der Waals surface area contributed by atoms with E-state index in [1.54, 1.807) is 12.1 Å². The van der Waals surface area contributed by atoms with E-state index in [-0.39, 0.29) is 17.5 Å². The molecule has 3 aromatic rings. The van der Waals surface area contributed by atoms with E-state index < -0.39 is 0 Å². The Hall–Kier alpha value is -3.70. The second-order valence-corrected chi connectivity index (χ2v) is 8.25. The summed E-state index contributed by atoms with van der Waals surface area (Å²) in [5.74, 6) is -0.254. The van der Waals surface area contributed by atoms with Gasteiger partial charge in [-0.1, -0.05) is 12.1 Å². The van der Waals surface area contributed by atoms with Gasteiger partial charge in [-0.3, -0.25) is 9.69 Å². The molecule has 7 nitrogen and oxygen atoms in total. The molecule has 0 radical (unpaired) electrons. The van der Waals surface area contributed by atoms with Crippen LogP contribution in [-0.2, 0) is 13.0 Å². The third-order valence-electron chi connectivity index (χ3n) is 5.85. The van der Waals surface area contributed by atoms with E-state index in [9.17, 15) is 14.4 Å². The van der Waals surface area contributed by atoms with Crippen LogP contribution >= 0.6 is 0 Å². The largest absolute Gasteiger partial charge is 0.382 e. The molecule has 0 bridgehead atoms. The summed E-state index contributed by atoms with van der Waals surface area (Å²) < 4.78 is 14.7. The molecule has 1 fully saturated rings. The fourth-order valence-corrected chi connectivity index (χ4v) is 4.12. The van der Waals surface area contributed by atoms with Gasteiger partial charge in [0.15, 0.2) is 0 Å². The molecule has 0 atom stereocenters. The van der Waals surface area contributed by atoms with Gasteiger partial charge in [-0.05, 0) is 80.7 Å². The van der Waals surface area contributed by atoms with Crippen LogP contribution in [0.5, 0.6) is 0 Å². The third-order valence-corrected chi connectivity index (χ3v) is 5.85. The van der Waals surface area contributed by atoms with Crippen LogP contribution in [0.15, 0.2) is 48.5 Å². The molecule has 0 unspecified atom stereocenters. The standard InChI is InChI=1S/C25H27FN6O/c26-20-8-10-21(11-9-20)32-24(28)22(16-27)23(30-32)7-4-12-29-25(33)19-6-3-5-18(15-19)17-31-13-1-2-14-31/h3,5-6,8-11,15H,1-2,4,7,12-14,17,28H2,(H,29,33). The van der Waals surface area contributed by atoms with Crippen LogP contribution in [0, 0.1) is 17.1 Å². The summed E-state index contributed by atoms with van der Waals surface area (Å²) >= 11 is 0. The number of aryl methyl sites for hydroxylation is 1. The number of anilines is 1. The molecule has 1 aliphatic rings. The zero-order chi connectivity index (χ0) is 23.2. The second kappa shape index (κ2) is 10.3. The number of nitriles is 1. The van der Waals surface area contributed by atoms with Crippen molar-refractivity contribution >= 4 is 11.7 Å². The maximum Gasteiger partial charge on any atom is 0.251 e. The summed E-state index contributed by atoms with van der Waals surface area (Å²) in [6.07, 6.45) is 3.56. The average molecular weight is 447 g/mol. The lowest BCUT2D eigenvalue weighted by atomic mass is 10.1. The molecule has 2 aromatic carbocycles. The summed E-state index contributed by atoms with van der Waals surface area (Å²) in [6, 6.07) is 15.6. The normalized spacial score (nSPS) is 13.7. The van der Waals surface area contributed by atoms with Crippen molar-refractivity contribution in [3.05, 3.63) is 76.7 Å². The summed E-state index contributed by atoms with van der Waals surface area (Å²) in [4.78, 5) is 15.0. The number of rotatable bonds is 8. The number of carbonyl (C=O) groups is 1. The minimum absolute atomic E-state index is 0.116. The van der Waals surface area contributed by atoms with Crippen LogP contribution in [0.2, 0.25) is 0 Å². The summed E-state index contributed by atoms with van der Waals surface area (Å²) in [6.45, 7) is 3.55. The Morgan fingerprint density at radius 2 is 1.94 bits per heavy atom. The highest BCUT2D eigenvalue weighted by atomic mass is 19.1. The molecule has 33 heavy (non-hydrogen) atoms. The molecule has 8 heteroatoms. The van der Waals surface area contributed by atoms with E-state index in [0.29, 0.717) is 41.9 Å². The molecule has 4 rings (SSSR count). The van der Waals surface area contributed by atoms with Gasteiger partial charge >= 0.3 is 0 Å². The molecule has 2 heterocycles. The Bertz CT molecular complexity index is 1160. The fraction of sp³-hybridized carbons (Fsp3) is 0.320. The minimum atomic E-state index is -0.359. The maximum atomic E-state index is 13.2. The van der Waals surface area contributed by atoms with E-state index in [1.165, 1.54) is 29.7 Å². The highest BCUT2D eigenvalue weighted by Gasteiger charge is 2.17. The number of carbonyl (C=O) groups excluding carboxylic acids is 1. The Kier molecular flexibility index (Phi) is 7.01. The minimum Gasteiger partial charge on any atom is -0.382 e. The van der Waals surface area contributed by atoms with E-state index >= 15 is 0 Å². The van der Waals surface area contributed by atoms with Gasteiger partial charge in [0.25, 0.3) is 5.91 Å². The van der Waals surface area contributed by atoms with Crippen LogP contribution in [0.4, 0.5) is 10.2 Å². The van der Waals surface area contributed by atoms with Gasteiger partial charge in [-0.25, -0.2) is 9.07 Å². The highest BCUT2D eigenvalue weighted by molar-refractivity contribution is 5.94. The first-order chi connectivity index (χ1) is 16.0. The second-order valence-electron chi connectivity index (χ2n) is 8.25. The van der Waals surface area contributed by atoms with Gasteiger partial charge < -0.3 is 11.1 Å². The van der Waals surface area contributed by atoms with Crippen LogP contribution in [0.25, 0.3) is 5.69 Å². The van der Waals surface area contributed by atoms with Crippen LogP contribution in [-0.4, -0.2) is 40.2 Å². The van der Waals surface area contributed by atoms with Crippen molar-refractivity contribution in [2.75, 3.05) is 25.4 Å². The molecule has 1 aliphatic heterocycles. The lowest BCUT2D eigenvalue weighted by molar-refractivity contribution is 0.0953. The Labute approximate surface area is 192 Å². The number of nitrogen functional groups attached to an aromatic ring is 1. The zero-order valence-electron chi connectivity index (χ0n) is 18.4. The zero-order valence-corrected chi connectivity index (χ0v) is 18.4. The number of aromatic nitrogens is 2. The molecular formula is C25H27FN6O. The van der Waals surface area contributed by atoms with Crippen LogP contribution in [0.3, 0.4) is 0 Å².